The Labute approximate surface area is 105 Å². The summed E-state index contributed by atoms with van der Waals surface area (Å²) in [5, 5.41) is 2.86. The van der Waals surface area contributed by atoms with Crippen LogP contribution < -0.4 is 5.32 Å². The van der Waals surface area contributed by atoms with E-state index in [1.807, 2.05) is 6.92 Å². The molecule has 0 saturated heterocycles. The molecule has 1 unspecified atom stereocenters. The zero-order valence-corrected chi connectivity index (χ0v) is 10.5. The van der Waals surface area contributed by atoms with E-state index in [2.05, 4.69) is 17.2 Å². The quantitative estimate of drug-likeness (QED) is 0.641. The van der Waals surface area contributed by atoms with Crippen molar-refractivity contribution in [1.29, 1.82) is 0 Å². The van der Waals surface area contributed by atoms with E-state index < -0.39 is 11.6 Å². The maximum atomic E-state index is 13.7. The van der Waals surface area contributed by atoms with E-state index >= 15 is 0 Å². The molecule has 1 atom stereocenters. The first-order valence-electron chi connectivity index (χ1n) is 5.37. The van der Waals surface area contributed by atoms with Gasteiger partial charge in [0.05, 0.1) is 5.02 Å². The van der Waals surface area contributed by atoms with Gasteiger partial charge >= 0.3 is 0 Å². The van der Waals surface area contributed by atoms with Crippen LogP contribution in [0.15, 0.2) is 12.1 Å². The smallest absolute Gasteiger partial charge is 0.142 e. The Bertz CT molecular complexity index is 449. The van der Waals surface area contributed by atoms with Crippen LogP contribution in [-0.2, 0) is 0 Å². The fourth-order valence-electron chi connectivity index (χ4n) is 1.55. The number of nitrogens with one attached hydrogen (secondary N) is 1. The van der Waals surface area contributed by atoms with Crippen LogP contribution in [0.3, 0.4) is 0 Å². The van der Waals surface area contributed by atoms with Gasteiger partial charge in [0.15, 0.2) is 0 Å². The van der Waals surface area contributed by atoms with Gasteiger partial charge in [-0.2, -0.15) is 0 Å². The van der Waals surface area contributed by atoms with Gasteiger partial charge in [-0.3, -0.25) is 0 Å². The molecule has 1 aromatic rings. The molecule has 17 heavy (non-hydrogen) atoms. The first-order chi connectivity index (χ1) is 8.10. The number of benzene rings is 1. The highest BCUT2D eigenvalue weighted by atomic mass is 35.5. The summed E-state index contributed by atoms with van der Waals surface area (Å²) in [5.74, 6) is 4.47. The summed E-state index contributed by atoms with van der Waals surface area (Å²) in [6.45, 7) is 4.26. The Morgan fingerprint density at radius 1 is 1.35 bits per heavy atom. The molecular weight excluding hydrogens is 244 g/mol. The molecule has 0 saturated carbocycles. The monoisotopic (exact) mass is 257 g/mol. The number of hydrogen-bond donors (Lipinski definition) is 1. The van der Waals surface area contributed by atoms with Crippen molar-refractivity contribution in [3.8, 4) is 11.8 Å². The molecule has 0 aliphatic heterocycles. The normalized spacial score (nSPS) is 11.8. The van der Waals surface area contributed by atoms with Crippen molar-refractivity contribution >= 4 is 11.6 Å². The van der Waals surface area contributed by atoms with Crippen LogP contribution in [-0.4, -0.2) is 6.54 Å². The van der Waals surface area contributed by atoms with Crippen molar-refractivity contribution in [2.45, 2.75) is 26.3 Å². The van der Waals surface area contributed by atoms with Gasteiger partial charge < -0.3 is 5.32 Å². The van der Waals surface area contributed by atoms with E-state index in [9.17, 15) is 8.78 Å². The number of halogens is 3. The second-order valence-electron chi connectivity index (χ2n) is 3.53. The second kappa shape index (κ2) is 6.58. The molecule has 1 nitrogen and oxygen atoms in total. The largest absolute Gasteiger partial charge is 0.309 e. The summed E-state index contributed by atoms with van der Waals surface area (Å²) in [6.07, 6.45) is 0.433. The maximum Gasteiger partial charge on any atom is 0.142 e. The third kappa shape index (κ3) is 3.69. The molecule has 0 spiro atoms. The molecular formula is C13H14ClF2N. The van der Waals surface area contributed by atoms with E-state index in [4.69, 9.17) is 11.6 Å². The van der Waals surface area contributed by atoms with Crippen molar-refractivity contribution in [1.82, 2.24) is 5.32 Å². The van der Waals surface area contributed by atoms with Gasteiger partial charge in [0, 0.05) is 18.0 Å². The number of rotatable bonds is 4. The molecule has 92 valence electrons. The van der Waals surface area contributed by atoms with Gasteiger partial charge in [0.1, 0.15) is 11.6 Å². The Morgan fingerprint density at radius 3 is 2.65 bits per heavy atom. The summed E-state index contributed by atoms with van der Waals surface area (Å²) in [4.78, 5) is 0. The van der Waals surface area contributed by atoms with E-state index in [1.165, 1.54) is 0 Å². The first-order valence-corrected chi connectivity index (χ1v) is 5.75. The molecule has 0 heterocycles. The fraction of sp³-hybridized carbons (Fsp3) is 0.385. The maximum absolute atomic E-state index is 13.7. The lowest BCUT2D eigenvalue weighted by atomic mass is 10.0. The van der Waals surface area contributed by atoms with Crippen molar-refractivity contribution in [3.63, 3.8) is 0 Å². The highest BCUT2D eigenvalue weighted by Crippen LogP contribution is 2.25. The minimum atomic E-state index is -0.615. The van der Waals surface area contributed by atoms with Crippen molar-refractivity contribution < 1.29 is 8.78 Å². The summed E-state index contributed by atoms with van der Waals surface area (Å²) in [5.41, 5.74) is 0.261. The minimum Gasteiger partial charge on any atom is -0.309 e. The lowest BCUT2D eigenvalue weighted by molar-refractivity contribution is 0.511. The van der Waals surface area contributed by atoms with Crippen LogP contribution in [0.5, 0.6) is 0 Å². The summed E-state index contributed by atoms with van der Waals surface area (Å²) >= 11 is 5.51. The van der Waals surface area contributed by atoms with E-state index in [0.29, 0.717) is 13.0 Å². The molecule has 0 aliphatic carbocycles. The van der Waals surface area contributed by atoms with Gasteiger partial charge in [-0.25, -0.2) is 8.78 Å². The third-order valence-electron chi connectivity index (χ3n) is 2.35. The molecule has 0 aliphatic rings. The van der Waals surface area contributed by atoms with Gasteiger partial charge in [0.2, 0.25) is 0 Å². The zero-order valence-electron chi connectivity index (χ0n) is 9.78. The molecule has 1 rings (SSSR count). The molecule has 4 heteroatoms. The fourth-order valence-corrected chi connectivity index (χ4v) is 1.70. The summed E-state index contributed by atoms with van der Waals surface area (Å²) in [6, 6.07) is 1.80. The third-order valence-corrected chi connectivity index (χ3v) is 2.64. The van der Waals surface area contributed by atoms with E-state index in [-0.39, 0.29) is 16.6 Å². The van der Waals surface area contributed by atoms with Crippen LogP contribution in [0, 0.1) is 23.5 Å². The molecule has 1 N–H and O–H groups in total. The molecule has 0 radical (unpaired) electrons. The SMILES string of the molecule is CC#CCC(NCC)c1cc(F)c(Cl)cc1F. The molecule has 0 aromatic heterocycles. The Morgan fingerprint density at radius 2 is 2.06 bits per heavy atom. The van der Waals surface area contributed by atoms with Crippen molar-refractivity contribution in [3.05, 3.63) is 34.4 Å². The van der Waals surface area contributed by atoms with Crippen LogP contribution in [0.1, 0.15) is 31.9 Å². The van der Waals surface area contributed by atoms with E-state index in [1.54, 1.807) is 6.92 Å². The van der Waals surface area contributed by atoms with Gasteiger partial charge in [-0.05, 0) is 25.6 Å². The molecule has 0 amide bonds. The van der Waals surface area contributed by atoms with Gasteiger partial charge in [-0.15, -0.1) is 11.8 Å². The minimum absolute atomic E-state index is 0.205. The lowest BCUT2D eigenvalue weighted by Gasteiger charge is -2.16. The molecule has 1 aromatic carbocycles. The topological polar surface area (TPSA) is 12.0 Å². The van der Waals surface area contributed by atoms with Gasteiger partial charge in [-0.1, -0.05) is 18.5 Å². The highest BCUT2D eigenvalue weighted by molar-refractivity contribution is 6.30. The average molecular weight is 258 g/mol. The number of hydrogen-bond acceptors (Lipinski definition) is 1. The second-order valence-corrected chi connectivity index (χ2v) is 3.94. The highest BCUT2D eigenvalue weighted by Gasteiger charge is 2.16. The van der Waals surface area contributed by atoms with E-state index in [0.717, 1.165) is 12.1 Å². The predicted molar refractivity (Wildman–Crippen MR) is 65.9 cm³/mol. The summed E-state index contributed by atoms with van der Waals surface area (Å²) in [7, 11) is 0. The predicted octanol–water partition coefficient (Wildman–Crippen LogP) is 3.68. The Hall–Kier alpha value is -1.11. The summed E-state index contributed by atoms with van der Waals surface area (Å²) < 4.78 is 27.0. The lowest BCUT2D eigenvalue weighted by Crippen LogP contribution is -2.21. The van der Waals surface area contributed by atoms with Crippen LogP contribution in [0.25, 0.3) is 0 Å². The van der Waals surface area contributed by atoms with Crippen molar-refractivity contribution in [2.75, 3.05) is 6.54 Å². The van der Waals surface area contributed by atoms with Gasteiger partial charge in [0.25, 0.3) is 0 Å². The first kappa shape index (κ1) is 14.0. The van der Waals surface area contributed by atoms with Crippen LogP contribution in [0.4, 0.5) is 8.78 Å². The molecule has 0 bridgehead atoms. The van der Waals surface area contributed by atoms with Crippen molar-refractivity contribution in [2.24, 2.45) is 0 Å². The Kier molecular flexibility index (Phi) is 5.40. The Balaban J connectivity index is 3.07. The average Bonchev–Trinajstić information content (AvgIpc) is 2.29. The van der Waals surface area contributed by atoms with Crippen LogP contribution in [0.2, 0.25) is 5.02 Å². The molecule has 0 fully saturated rings. The van der Waals surface area contributed by atoms with Crippen LogP contribution >= 0.6 is 11.6 Å². The standard InChI is InChI=1S/C13H14ClF2N/c1-3-5-6-13(17-4-2)9-7-12(16)10(14)8-11(9)15/h7-8,13,17H,4,6H2,1-2H3. The zero-order chi connectivity index (χ0) is 12.8.